The summed E-state index contributed by atoms with van der Waals surface area (Å²) < 4.78 is 0. The molecule has 0 atom stereocenters. The summed E-state index contributed by atoms with van der Waals surface area (Å²) in [6.45, 7) is 0. The molecule has 1 aliphatic carbocycles. The molecule has 1 fully saturated rings. The number of benzene rings is 1. The first kappa shape index (κ1) is 15.3. The second kappa shape index (κ2) is 5.87. The SMILES string of the molecule is CNC(=O)C1(NC(=O)c2ccc3c(C=O)c[nH]c3c2)CCCC1. The Hall–Kier alpha value is -2.63. The van der Waals surface area contributed by atoms with E-state index in [9.17, 15) is 14.4 Å². The molecule has 6 heteroatoms. The number of fused-ring (bicyclic) bond motifs is 1. The summed E-state index contributed by atoms with van der Waals surface area (Å²) in [6.07, 6.45) is 5.54. The van der Waals surface area contributed by atoms with E-state index in [-0.39, 0.29) is 11.8 Å². The van der Waals surface area contributed by atoms with Crippen molar-refractivity contribution in [3.05, 3.63) is 35.5 Å². The molecule has 2 amide bonds. The highest BCUT2D eigenvalue weighted by Gasteiger charge is 2.41. The standard InChI is InChI=1S/C17H19N3O3/c1-18-16(23)17(6-2-3-7-17)20-15(22)11-4-5-13-12(10-21)9-19-14(13)8-11/h4-5,8-10,19H,2-3,6-7H2,1H3,(H,18,23)(H,20,22). The Morgan fingerprint density at radius 1 is 1.26 bits per heavy atom. The van der Waals surface area contributed by atoms with Crippen molar-refractivity contribution in [3.63, 3.8) is 0 Å². The molecule has 0 aliphatic heterocycles. The number of likely N-dealkylation sites (N-methyl/N-ethyl adjacent to an activating group) is 1. The first-order valence-electron chi connectivity index (χ1n) is 7.71. The zero-order valence-corrected chi connectivity index (χ0v) is 12.9. The smallest absolute Gasteiger partial charge is 0.252 e. The summed E-state index contributed by atoms with van der Waals surface area (Å²) in [6, 6.07) is 5.11. The van der Waals surface area contributed by atoms with Crippen LogP contribution in [0.25, 0.3) is 10.9 Å². The van der Waals surface area contributed by atoms with Crippen LogP contribution >= 0.6 is 0 Å². The quantitative estimate of drug-likeness (QED) is 0.751. The van der Waals surface area contributed by atoms with Gasteiger partial charge < -0.3 is 15.6 Å². The summed E-state index contributed by atoms with van der Waals surface area (Å²) in [7, 11) is 1.58. The first-order valence-corrected chi connectivity index (χ1v) is 7.71. The van der Waals surface area contributed by atoms with Crippen molar-refractivity contribution in [2.24, 2.45) is 0 Å². The van der Waals surface area contributed by atoms with Gasteiger partial charge in [0.1, 0.15) is 5.54 Å². The van der Waals surface area contributed by atoms with Crippen LogP contribution in [0.1, 0.15) is 46.4 Å². The van der Waals surface area contributed by atoms with Crippen LogP contribution < -0.4 is 10.6 Å². The Balaban J connectivity index is 1.87. The van der Waals surface area contributed by atoms with Gasteiger partial charge in [-0.3, -0.25) is 14.4 Å². The monoisotopic (exact) mass is 313 g/mol. The van der Waals surface area contributed by atoms with Gasteiger partial charge in [-0.05, 0) is 25.0 Å². The van der Waals surface area contributed by atoms with Crippen LogP contribution in [-0.2, 0) is 4.79 Å². The van der Waals surface area contributed by atoms with E-state index in [1.807, 2.05) is 0 Å². The van der Waals surface area contributed by atoms with E-state index in [2.05, 4.69) is 15.6 Å². The maximum atomic E-state index is 12.6. The molecule has 0 spiro atoms. The fourth-order valence-electron chi connectivity index (χ4n) is 3.30. The molecule has 0 radical (unpaired) electrons. The number of hydrogen-bond donors (Lipinski definition) is 3. The number of aldehydes is 1. The third kappa shape index (κ3) is 2.60. The van der Waals surface area contributed by atoms with Crippen LogP contribution in [-0.4, -0.2) is 35.7 Å². The van der Waals surface area contributed by atoms with E-state index in [1.165, 1.54) is 0 Å². The number of hydrogen-bond acceptors (Lipinski definition) is 3. The van der Waals surface area contributed by atoms with Gasteiger partial charge in [-0.25, -0.2) is 0 Å². The number of rotatable bonds is 4. The van der Waals surface area contributed by atoms with Gasteiger partial charge in [0.05, 0.1) is 0 Å². The summed E-state index contributed by atoms with van der Waals surface area (Å²) >= 11 is 0. The molecular weight excluding hydrogens is 294 g/mol. The maximum Gasteiger partial charge on any atom is 0.252 e. The summed E-state index contributed by atoms with van der Waals surface area (Å²) in [5.41, 5.74) is 0.932. The molecule has 3 N–H and O–H groups in total. The van der Waals surface area contributed by atoms with Crippen LogP contribution in [0, 0.1) is 0 Å². The van der Waals surface area contributed by atoms with Crippen LogP contribution in [0.4, 0.5) is 0 Å². The number of H-pyrrole nitrogens is 1. The molecule has 0 bridgehead atoms. The van der Waals surface area contributed by atoms with Crippen LogP contribution in [0.5, 0.6) is 0 Å². The fourth-order valence-corrected chi connectivity index (χ4v) is 3.30. The number of nitrogens with one attached hydrogen (secondary N) is 3. The van der Waals surface area contributed by atoms with Gasteiger partial charge >= 0.3 is 0 Å². The Kier molecular flexibility index (Phi) is 3.90. The molecule has 1 heterocycles. The molecular formula is C17H19N3O3. The van der Waals surface area contributed by atoms with Crippen molar-refractivity contribution in [1.29, 1.82) is 0 Å². The number of carbonyl (C=O) groups excluding carboxylic acids is 3. The molecule has 0 unspecified atom stereocenters. The topological polar surface area (TPSA) is 91.1 Å². The summed E-state index contributed by atoms with van der Waals surface area (Å²) in [5, 5.41) is 6.33. The molecule has 1 aromatic carbocycles. The van der Waals surface area contributed by atoms with Gasteiger partial charge in [-0.15, -0.1) is 0 Å². The van der Waals surface area contributed by atoms with E-state index >= 15 is 0 Å². The highest BCUT2D eigenvalue weighted by atomic mass is 16.2. The van der Waals surface area contributed by atoms with Gasteiger partial charge in [0.15, 0.2) is 6.29 Å². The average Bonchev–Trinajstić information content (AvgIpc) is 3.20. The lowest BCUT2D eigenvalue weighted by molar-refractivity contribution is -0.126. The van der Waals surface area contributed by atoms with Crippen LogP contribution in [0.3, 0.4) is 0 Å². The molecule has 2 aromatic rings. The highest BCUT2D eigenvalue weighted by molar-refractivity contribution is 6.04. The van der Waals surface area contributed by atoms with Gasteiger partial charge in [0.2, 0.25) is 5.91 Å². The van der Waals surface area contributed by atoms with Gasteiger partial charge in [-0.2, -0.15) is 0 Å². The molecule has 3 rings (SSSR count). The number of amides is 2. The van der Waals surface area contributed by atoms with E-state index in [0.717, 1.165) is 30.0 Å². The van der Waals surface area contributed by atoms with Crippen molar-refractivity contribution in [2.75, 3.05) is 7.05 Å². The molecule has 1 saturated carbocycles. The second-order valence-corrected chi connectivity index (χ2v) is 5.94. The Bertz CT molecular complexity index is 772. The van der Waals surface area contributed by atoms with Crippen molar-refractivity contribution in [2.45, 2.75) is 31.2 Å². The van der Waals surface area contributed by atoms with E-state index in [1.54, 1.807) is 31.4 Å². The summed E-state index contributed by atoms with van der Waals surface area (Å²) in [5.74, 6) is -0.424. The zero-order chi connectivity index (χ0) is 16.4. The number of carbonyl (C=O) groups is 3. The minimum Gasteiger partial charge on any atom is -0.360 e. The lowest BCUT2D eigenvalue weighted by Crippen LogP contribution is -2.56. The first-order chi connectivity index (χ1) is 11.1. The number of aromatic nitrogens is 1. The summed E-state index contributed by atoms with van der Waals surface area (Å²) in [4.78, 5) is 38.7. The van der Waals surface area contributed by atoms with Crippen molar-refractivity contribution >= 4 is 29.0 Å². The van der Waals surface area contributed by atoms with Crippen LogP contribution in [0.15, 0.2) is 24.4 Å². The van der Waals surface area contributed by atoms with Crippen LogP contribution in [0.2, 0.25) is 0 Å². The van der Waals surface area contributed by atoms with E-state index in [0.29, 0.717) is 24.0 Å². The lowest BCUT2D eigenvalue weighted by Gasteiger charge is -2.28. The lowest BCUT2D eigenvalue weighted by atomic mass is 9.95. The second-order valence-electron chi connectivity index (χ2n) is 5.94. The number of aromatic amines is 1. The predicted molar refractivity (Wildman–Crippen MR) is 86.4 cm³/mol. The van der Waals surface area contributed by atoms with E-state index in [4.69, 9.17) is 0 Å². The van der Waals surface area contributed by atoms with E-state index < -0.39 is 5.54 Å². The fraction of sp³-hybridized carbons (Fsp3) is 0.353. The maximum absolute atomic E-state index is 12.6. The van der Waals surface area contributed by atoms with Crippen molar-refractivity contribution in [1.82, 2.24) is 15.6 Å². The zero-order valence-electron chi connectivity index (χ0n) is 12.9. The minimum absolute atomic E-state index is 0.146. The molecule has 1 aromatic heterocycles. The largest absolute Gasteiger partial charge is 0.360 e. The molecule has 1 aliphatic rings. The molecule has 6 nitrogen and oxygen atoms in total. The van der Waals surface area contributed by atoms with Gasteiger partial charge in [0.25, 0.3) is 5.91 Å². The normalized spacial score (nSPS) is 16.2. The molecule has 120 valence electrons. The highest BCUT2D eigenvalue weighted by Crippen LogP contribution is 2.30. The minimum atomic E-state index is -0.815. The van der Waals surface area contributed by atoms with Gasteiger partial charge in [0, 0.05) is 35.3 Å². The molecule has 0 saturated heterocycles. The van der Waals surface area contributed by atoms with Gasteiger partial charge in [-0.1, -0.05) is 18.9 Å². The Morgan fingerprint density at radius 2 is 2.00 bits per heavy atom. The third-order valence-corrected chi connectivity index (χ3v) is 4.57. The average molecular weight is 313 g/mol. The Labute approximate surface area is 133 Å². The van der Waals surface area contributed by atoms with Crippen molar-refractivity contribution < 1.29 is 14.4 Å². The molecule has 23 heavy (non-hydrogen) atoms. The Morgan fingerprint density at radius 3 is 2.65 bits per heavy atom. The van der Waals surface area contributed by atoms with Crippen molar-refractivity contribution in [3.8, 4) is 0 Å². The third-order valence-electron chi connectivity index (χ3n) is 4.57. The predicted octanol–water partition coefficient (Wildman–Crippen LogP) is 1.77.